The molecule has 1 aromatic carbocycles. The number of aliphatic hydroxyl groups is 1. The van der Waals surface area contributed by atoms with Crippen molar-refractivity contribution in [2.24, 2.45) is 5.92 Å². The van der Waals surface area contributed by atoms with Crippen molar-refractivity contribution in [1.82, 2.24) is 25.1 Å². The summed E-state index contributed by atoms with van der Waals surface area (Å²) >= 11 is 0. The standard InChI is InChI=1S/C16H22N6O4/c1-11-18-19-20-22(11)14-5-13(6-15(7-14)25-2)17-16(24)21-3-4-26-10-12(8-21)9-23/h5-7,12,23H,3-4,8-10H2,1-2H3,(H,17,24)/t12-/m0/s1. The number of nitrogens with zero attached hydrogens (tertiary/aromatic N) is 5. The number of nitrogens with one attached hydrogen (secondary N) is 1. The van der Waals surface area contributed by atoms with Crippen molar-refractivity contribution in [2.45, 2.75) is 6.92 Å². The summed E-state index contributed by atoms with van der Waals surface area (Å²) in [7, 11) is 1.55. The number of urea groups is 1. The predicted octanol–water partition coefficient (Wildman–Crippen LogP) is 0.452. The van der Waals surface area contributed by atoms with Crippen LogP contribution in [-0.2, 0) is 4.74 Å². The second-order valence-electron chi connectivity index (χ2n) is 6.06. The van der Waals surface area contributed by atoms with Gasteiger partial charge in [-0.05, 0) is 23.4 Å². The second kappa shape index (κ2) is 8.11. The molecular formula is C16H22N6O4. The van der Waals surface area contributed by atoms with E-state index in [1.54, 1.807) is 41.8 Å². The number of aryl methyl sites for hydroxylation is 1. The number of amides is 2. The van der Waals surface area contributed by atoms with Gasteiger partial charge in [0.05, 0.1) is 26.0 Å². The molecule has 1 atom stereocenters. The first-order chi connectivity index (χ1) is 12.6. The molecular weight excluding hydrogens is 340 g/mol. The maximum absolute atomic E-state index is 12.6. The van der Waals surface area contributed by atoms with Gasteiger partial charge in [0, 0.05) is 43.4 Å². The minimum Gasteiger partial charge on any atom is -0.497 e. The average molecular weight is 362 g/mol. The number of aliphatic hydroxyl groups excluding tert-OH is 1. The number of tetrazole rings is 1. The first kappa shape index (κ1) is 18.1. The summed E-state index contributed by atoms with van der Waals surface area (Å²) in [5.74, 6) is 1.10. The summed E-state index contributed by atoms with van der Waals surface area (Å²) in [5, 5.41) is 23.7. The molecule has 0 saturated carbocycles. The number of ether oxygens (including phenoxy) is 2. The Morgan fingerprint density at radius 2 is 2.31 bits per heavy atom. The van der Waals surface area contributed by atoms with Gasteiger partial charge in [0.1, 0.15) is 5.75 Å². The Hall–Kier alpha value is -2.72. The van der Waals surface area contributed by atoms with Crippen molar-refractivity contribution in [2.75, 3.05) is 45.3 Å². The van der Waals surface area contributed by atoms with Crippen LogP contribution in [0, 0.1) is 12.8 Å². The molecule has 1 aliphatic heterocycles. The number of methoxy groups -OCH3 is 1. The zero-order chi connectivity index (χ0) is 18.5. The van der Waals surface area contributed by atoms with Crippen LogP contribution >= 0.6 is 0 Å². The van der Waals surface area contributed by atoms with Crippen molar-refractivity contribution in [3.8, 4) is 11.4 Å². The maximum Gasteiger partial charge on any atom is 0.321 e. The molecule has 2 amide bonds. The van der Waals surface area contributed by atoms with Gasteiger partial charge in [-0.1, -0.05) is 0 Å². The molecule has 1 fully saturated rings. The van der Waals surface area contributed by atoms with Crippen LogP contribution in [-0.4, -0.2) is 76.3 Å². The zero-order valence-corrected chi connectivity index (χ0v) is 14.8. The number of aromatic nitrogens is 4. The lowest BCUT2D eigenvalue weighted by atomic mass is 10.1. The fourth-order valence-electron chi connectivity index (χ4n) is 2.74. The topological polar surface area (TPSA) is 115 Å². The summed E-state index contributed by atoms with van der Waals surface area (Å²) < 4.78 is 12.3. The van der Waals surface area contributed by atoms with Gasteiger partial charge in [0.2, 0.25) is 0 Å². The molecule has 140 valence electrons. The minimum atomic E-state index is -0.262. The molecule has 1 saturated heterocycles. The fraction of sp³-hybridized carbons (Fsp3) is 0.500. The van der Waals surface area contributed by atoms with Gasteiger partial charge in [-0.2, -0.15) is 4.68 Å². The number of benzene rings is 1. The smallest absolute Gasteiger partial charge is 0.321 e. The van der Waals surface area contributed by atoms with Gasteiger partial charge in [-0.3, -0.25) is 0 Å². The first-order valence-electron chi connectivity index (χ1n) is 8.29. The van der Waals surface area contributed by atoms with Crippen molar-refractivity contribution >= 4 is 11.7 Å². The molecule has 2 aromatic rings. The highest BCUT2D eigenvalue weighted by Crippen LogP contribution is 2.24. The molecule has 2 heterocycles. The van der Waals surface area contributed by atoms with E-state index in [0.717, 1.165) is 0 Å². The van der Waals surface area contributed by atoms with Crippen molar-refractivity contribution < 1.29 is 19.4 Å². The molecule has 0 unspecified atom stereocenters. The maximum atomic E-state index is 12.6. The molecule has 10 heteroatoms. The van der Waals surface area contributed by atoms with Crippen LogP contribution < -0.4 is 10.1 Å². The van der Waals surface area contributed by atoms with Crippen LogP contribution in [0.1, 0.15) is 5.82 Å². The Morgan fingerprint density at radius 3 is 3.00 bits per heavy atom. The lowest BCUT2D eigenvalue weighted by molar-refractivity contribution is 0.0958. The van der Waals surface area contributed by atoms with E-state index in [1.807, 2.05) is 0 Å². The van der Waals surface area contributed by atoms with E-state index in [4.69, 9.17) is 9.47 Å². The molecule has 1 aromatic heterocycles. The zero-order valence-electron chi connectivity index (χ0n) is 14.8. The number of carbonyl (C=O) groups excluding carboxylic acids is 1. The van der Waals surface area contributed by atoms with E-state index < -0.39 is 0 Å². The molecule has 26 heavy (non-hydrogen) atoms. The van der Waals surface area contributed by atoms with Gasteiger partial charge >= 0.3 is 6.03 Å². The number of rotatable bonds is 4. The summed E-state index contributed by atoms with van der Waals surface area (Å²) in [4.78, 5) is 14.3. The van der Waals surface area contributed by atoms with E-state index in [9.17, 15) is 9.90 Å². The van der Waals surface area contributed by atoms with Crippen LogP contribution in [0.3, 0.4) is 0 Å². The molecule has 1 aliphatic rings. The number of carbonyl (C=O) groups is 1. The molecule has 10 nitrogen and oxygen atoms in total. The molecule has 0 radical (unpaired) electrons. The van der Waals surface area contributed by atoms with Crippen molar-refractivity contribution in [3.63, 3.8) is 0 Å². The Balaban J connectivity index is 1.80. The third-order valence-corrected chi connectivity index (χ3v) is 4.13. The number of hydrogen-bond donors (Lipinski definition) is 2. The Kier molecular flexibility index (Phi) is 5.64. The van der Waals surface area contributed by atoms with Gasteiger partial charge in [-0.15, -0.1) is 5.10 Å². The summed E-state index contributed by atoms with van der Waals surface area (Å²) in [6, 6.07) is 5.00. The van der Waals surface area contributed by atoms with Crippen LogP contribution in [0.2, 0.25) is 0 Å². The second-order valence-corrected chi connectivity index (χ2v) is 6.06. The van der Waals surface area contributed by atoms with E-state index in [2.05, 4.69) is 20.8 Å². The van der Waals surface area contributed by atoms with Crippen LogP contribution in [0.25, 0.3) is 5.69 Å². The van der Waals surface area contributed by atoms with Crippen molar-refractivity contribution in [1.29, 1.82) is 0 Å². The monoisotopic (exact) mass is 362 g/mol. The molecule has 0 spiro atoms. The van der Waals surface area contributed by atoms with E-state index in [-0.39, 0.29) is 18.6 Å². The van der Waals surface area contributed by atoms with Gasteiger partial charge in [0.25, 0.3) is 0 Å². The largest absolute Gasteiger partial charge is 0.497 e. The van der Waals surface area contributed by atoms with Gasteiger partial charge < -0.3 is 24.8 Å². The summed E-state index contributed by atoms with van der Waals surface area (Å²) in [5.41, 5.74) is 1.24. The Bertz CT molecular complexity index is 765. The van der Waals surface area contributed by atoms with Crippen LogP contribution in [0.5, 0.6) is 5.75 Å². The van der Waals surface area contributed by atoms with Crippen LogP contribution in [0.4, 0.5) is 10.5 Å². The normalized spacial score (nSPS) is 17.7. The van der Waals surface area contributed by atoms with Gasteiger partial charge in [-0.25, -0.2) is 4.79 Å². The van der Waals surface area contributed by atoms with E-state index in [1.165, 1.54) is 0 Å². The van der Waals surface area contributed by atoms with E-state index in [0.29, 0.717) is 49.3 Å². The third-order valence-electron chi connectivity index (χ3n) is 4.13. The Morgan fingerprint density at radius 1 is 1.46 bits per heavy atom. The highest BCUT2D eigenvalue weighted by Gasteiger charge is 2.22. The lowest BCUT2D eigenvalue weighted by Gasteiger charge is -2.23. The molecule has 3 rings (SSSR count). The SMILES string of the molecule is COc1cc(NC(=O)N2CCOC[C@H](CO)C2)cc(-n2nnnc2C)c1. The lowest BCUT2D eigenvalue weighted by Crippen LogP contribution is -2.39. The van der Waals surface area contributed by atoms with Gasteiger partial charge in [0.15, 0.2) is 5.82 Å². The Labute approximate surface area is 150 Å². The van der Waals surface area contributed by atoms with Crippen molar-refractivity contribution in [3.05, 3.63) is 24.0 Å². The molecule has 0 bridgehead atoms. The highest BCUT2D eigenvalue weighted by atomic mass is 16.5. The van der Waals surface area contributed by atoms with Crippen LogP contribution in [0.15, 0.2) is 18.2 Å². The van der Waals surface area contributed by atoms with E-state index >= 15 is 0 Å². The first-order valence-corrected chi connectivity index (χ1v) is 8.29. The quantitative estimate of drug-likeness (QED) is 0.811. The third kappa shape index (κ3) is 4.09. The molecule has 2 N–H and O–H groups in total. The fourth-order valence-corrected chi connectivity index (χ4v) is 2.74. The predicted molar refractivity (Wildman–Crippen MR) is 92.4 cm³/mol. The summed E-state index contributed by atoms with van der Waals surface area (Å²) in [6.45, 7) is 3.55. The minimum absolute atomic E-state index is 0.0222. The number of anilines is 1. The molecule has 0 aliphatic carbocycles. The summed E-state index contributed by atoms with van der Waals surface area (Å²) in [6.07, 6.45) is 0. The highest BCUT2D eigenvalue weighted by molar-refractivity contribution is 5.90. The average Bonchev–Trinajstić information content (AvgIpc) is 2.93. The number of hydrogen-bond acceptors (Lipinski definition) is 7.